The van der Waals surface area contributed by atoms with Crippen molar-refractivity contribution in [3.05, 3.63) is 82.3 Å². The fraction of sp³-hybridized carbons (Fsp3) is 0. The Labute approximate surface area is 149 Å². The molecule has 0 amide bonds. The van der Waals surface area contributed by atoms with Crippen LogP contribution in [0.25, 0.3) is 11.1 Å². The number of halogens is 2. The van der Waals surface area contributed by atoms with Gasteiger partial charge in [-0.05, 0) is 53.6 Å². The predicted molar refractivity (Wildman–Crippen MR) is 95.4 cm³/mol. The number of aromatic carboxylic acids is 1. The smallest absolute Gasteiger partial charge is 0.335 e. The van der Waals surface area contributed by atoms with Crippen LogP contribution in [0.2, 0.25) is 10.0 Å². The van der Waals surface area contributed by atoms with Gasteiger partial charge in [-0.15, -0.1) is 0 Å². The number of hydrogen-bond donors (Lipinski definition) is 1. The maximum absolute atomic E-state index is 10.9. The van der Waals surface area contributed by atoms with Gasteiger partial charge >= 0.3 is 5.97 Å². The van der Waals surface area contributed by atoms with E-state index in [1.807, 2.05) is 24.3 Å². The number of hydrogen-bond acceptors (Lipinski definition) is 2. The van der Waals surface area contributed by atoms with Gasteiger partial charge < -0.3 is 9.84 Å². The van der Waals surface area contributed by atoms with Crippen LogP contribution in [0.3, 0.4) is 0 Å². The highest BCUT2D eigenvalue weighted by molar-refractivity contribution is 6.35. The summed E-state index contributed by atoms with van der Waals surface area (Å²) in [6.07, 6.45) is 0. The van der Waals surface area contributed by atoms with E-state index in [-0.39, 0.29) is 5.56 Å². The predicted octanol–water partition coefficient (Wildman–Crippen LogP) is 6.15. The highest BCUT2D eigenvalue weighted by atomic mass is 35.5. The molecule has 1 N–H and O–H groups in total. The van der Waals surface area contributed by atoms with Crippen molar-refractivity contribution >= 4 is 29.2 Å². The molecule has 0 radical (unpaired) electrons. The Morgan fingerprint density at radius 2 is 1.42 bits per heavy atom. The first kappa shape index (κ1) is 16.4. The van der Waals surface area contributed by atoms with Gasteiger partial charge in [-0.3, -0.25) is 0 Å². The molecule has 0 aromatic heterocycles. The van der Waals surface area contributed by atoms with Crippen LogP contribution < -0.4 is 4.74 Å². The maximum Gasteiger partial charge on any atom is 0.335 e. The Kier molecular flexibility index (Phi) is 4.74. The third-order valence-corrected chi connectivity index (χ3v) is 3.97. The molecule has 0 saturated carbocycles. The van der Waals surface area contributed by atoms with E-state index in [9.17, 15) is 4.79 Å². The molecule has 3 nitrogen and oxygen atoms in total. The summed E-state index contributed by atoms with van der Waals surface area (Å²) in [7, 11) is 0. The normalized spacial score (nSPS) is 10.4. The lowest BCUT2D eigenvalue weighted by Crippen LogP contribution is -1.94. The van der Waals surface area contributed by atoms with Gasteiger partial charge in [-0.1, -0.05) is 47.5 Å². The molecule has 0 aliphatic heterocycles. The molecule has 3 aromatic rings. The van der Waals surface area contributed by atoms with Crippen LogP contribution in [0, 0.1) is 0 Å². The molecule has 0 aliphatic rings. The van der Waals surface area contributed by atoms with Crippen molar-refractivity contribution in [2.75, 3.05) is 0 Å². The van der Waals surface area contributed by atoms with Crippen LogP contribution in [-0.2, 0) is 0 Å². The third kappa shape index (κ3) is 3.70. The second-order valence-corrected chi connectivity index (χ2v) is 5.93. The number of rotatable bonds is 4. The summed E-state index contributed by atoms with van der Waals surface area (Å²) in [5.41, 5.74) is 2.15. The Morgan fingerprint density at radius 1 is 0.833 bits per heavy atom. The number of carboxylic acids is 1. The van der Waals surface area contributed by atoms with E-state index in [0.29, 0.717) is 21.5 Å². The van der Waals surface area contributed by atoms with Crippen molar-refractivity contribution in [1.29, 1.82) is 0 Å². The fourth-order valence-corrected chi connectivity index (χ4v) is 2.65. The molecule has 0 fully saturated rings. The summed E-state index contributed by atoms with van der Waals surface area (Å²) in [5, 5.41) is 9.92. The second-order valence-electron chi connectivity index (χ2n) is 5.08. The molecular weight excluding hydrogens is 347 g/mol. The van der Waals surface area contributed by atoms with Crippen LogP contribution in [0.15, 0.2) is 66.7 Å². The van der Waals surface area contributed by atoms with Crippen LogP contribution in [0.4, 0.5) is 0 Å². The summed E-state index contributed by atoms with van der Waals surface area (Å²) in [6.45, 7) is 0. The summed E-state index contributed by atoms with van der Waals surface area (Å²) >= 11 is 12.0. The molecule has 0 unspecified atom stereocenters. The molecule has 0 spiro atoms. The standard InChI is InChI=1S/C19H12Cl2O3/c20-15-7-10-18(17(21)11-15)24-16-8-5-13(6-9-16)12-1-3-14(4-2-12)19(22)23/h1-11H,(H,22,23). The van der Waals surface area contributed by atoms with Crippen molar-refractivity contribution in [3.8, 4) is 22.6 Å². The van der Waals surface area contributed by atoms with E-state index in [1.165, 1.54) is 0 Å². The SMILES string of the molecule is O=C(O)c1ccc(-c2ccc(Oc3ccc(Cl)cc3Cl)cc2)cc1. The minimum Gasteiger partial charge on any atom is -0.478 e. The van der Waals surface area contributed by atoms with Crippen molar-refractivity contribution in [2.45, 2.75) is 0 Å². The molecular formula is C19H12Cl2O3. The van der Waals surface area contributed by atoms with E-state index in [1.54, 1.807) is 42.5 Å². The third-order valence-electron chi connectivity index (χ3n) is 3.44. The van der Waals surface area contributed by atoms with Gasteiger partial charge in [0.25, 0.3) is 0 Å². The Balaban J connectivity index is 1.78. The summed E-state index contributed by atoms with van der Waals surface area (Å²) in [6, 6.07) is 19.2. The van der Waals surface area contributed by atoms with E-state index in [2.05, 4.69) is 0 Å². The fourth-order valence-electron chi connectivity index (χ4n) is 2.21. The van der Waals surface area contributed by atoms with Crippen LogP contribution in [0.1, 0.15) is 10.4 Å². The number of ether oxygens (including phenoxy) is 1. The van der Waals surface area contributed by atoms with Crippen molar-refractivity contribution < 1.29 is 14.6 Å². The van der Waals surface area contributed by atoms with Gasteiger partial charge in [0.1, 0.15) is 11.5 Å². The first-order chi connectivity index (χ1) is 11.5. The molecule has 3 aromatic carbocycles. The lowest BCUT2D eigenvalue weighted by Gasteiger charge is -2.09. The van der Waals surface area contributed by atoms with Gasteiger partial charge in [-0.25, -0.2) is 4.79 Å². The zero-order valence-electron chi connectivity index (χ0n) is 12.4. The summed E-state index contributed by atoms with van der Waals surface area (Å²) in [5.74, 6) is 0.231. The number of benzene rings is 3. The Morgan fingerprint density at radius 3 is 1.96 bits per heavy atom. The summed E-state index contributed by atoms with van der Waals surface area (Å²) in [4.78, 5) is 10.9. The summed E-state index contributed by atoms with van der Waals surface area (Å²) < 4.78 is 5.74. The molecule has 0 bridgehead atoms. The minimum atomic E-state index is -0.940. The van der Waals surface area contributed by atoms with E-state index in [0.717, 1.165) is 11.1 Å². The van der Waals surface area contributed by atoms with Crippen molar-refractivity contribution in [2.24, 2.45) is 0 Å². The molecule has 0 heterocycles. The monoisotopic (exact) mass is 358 g/mol. The molecule has 0 aliphatic carbocycles. The van der Waals surface area contributed by atoms with Crippen LogP contribution in [0.5, 0.6) is 11.5 Å². The molecule has 5 heteroatoms. The van der Waals surface area contributed by atoms with E-state index >= 15 is 0 Å². The van der Waals surface area contributed by atoms with Gasteiger partial charge in [-0.2, -0.15) is 0 Å². The first-order valence-electron chi connectivity index (χ1n) is 7.09. The van der Waals surface area contributed by atoms with Crippen LogP contribution in [-0.4, -0.2) is 11.1 Å². The molecule has 24 heavy (non-hydrogen) atoms. The molecule has 0 atom stereocenters. The molecule has 3 rings (SSSR count). The molecule has 120 valence electrons. The number of carboxylic acid groups (broad SMARTS) is 1. The van der Waals surface area contributed by atoms with Gasteiger partial charge in [0.2, 0.25) is 0 Å². The van der Waals surface area contributed by atoms with Crippen molar-refractivity contribution in [3.63, 3.8) is 0 Å². The minimum absolute atomic E-state index is 0.260. The average molecular weight is 359 g/mol. The zero-order valence-corrected chi connectivity index (χ0v) is 13.9. The highest BCUT2D eigenvalue weighted by Crippen LogP contribution is 2.32. The molecule has 0 saturated heterocycles. The van der Waals surface area contributed by atoms with Gasteiger partial charge in [0.05, 0.1) is 10.6 Å². The highest BCUT2D eigenvalue weighted by Gasteiger charge is 2.06. The second kappa shape index (κ2) is 6.95. The number of carbonyl (C=O) groups is 1. The lowest BCUT2D eigenvalue weighted by molar-refractivity contribution is 0.0697. The van der Waals surface area contributed by atoms with E-state index in [4.69, 9.17) is 33.0 Å². The lowest BCUT2D eigenvalue weighted by atomic mass is 10.0. The van der Waals surface area contributed by atoms with Crippen molar-refractivity contribution in [1.82, 2.24) is 0 Å². The van der Waals surface area contributed by atoms with Gasteiger partial charge in [0, 0.05) is 5.02 Å². The quantitative estimate of drug-likeness (QED) is 0.608. The van der Waals surface area contributed by atoms with Crippen LogP contribution >= 0.6 is 23.2 Å². The van der Waals surface area contributed by atoms with Gasteiger partial charge in [0.15, 0.2) is 0 Å². The Bertz CT molecular complexity index is 872. The topological polar surface area (TPSA) is 46.5 Å². The Hall–Kier alpha value is -2.49. The largest absolute Gasteiger partial charge is 0.478 e. The van der Waals surface area contributed by atoms with E-state index < -0.39 is 5.97 Å². The maximum atomic E-state index is 10.9. The average Bonchev–Trinajstić information content (AvgIpc) is 2.58. The first-order valence-corrected chi connectivity index (χ1v) is 7.85. The zero-order chi connectivity index (χ0) is 17.1.